The van der Waals surface area contributed by atoms with Crippen LogP contribution in [0.15, 0.2) is 10.9 Å². The van der Waals surface area contributed by atoms with Crippen LogP contribution < -0.4 is 5.56 Å². The van der Waals surface area contributed by atoms with Gasteiger partial charge in [-0.25, -0.2) is 0 Å². The summed E-state index contributed by atoms with van der Waals surface area (Å²) in [5.41, 5.74) is 2.36. The highest BCUT2D eigenvalue weighted by molar-refractivity contribution is 5.94. The molecule has 1 aliphatic heterocycles. The molecule has 4 nitrogen and oxygen atoms in total. The first-order valence-electron chi connectivity index (χ1n) is 9.60. The van der Waals surface area contributed by atoms with E-state index in [2.05, 4.69) is 18.8 Å². The van der Waals surface area contributed by atoms with Crippen LogP contribution in [-0.4, -0.2) is 28.9 Å². The molecule has 0 bridgehead atoms. The van der Waals surface area contributed by atoms with Crippen molar-refractivity contribution >= 4 is 5.91 Å². The molecule has 1 N–H and O–H groups in total. The van der Waals surface area contributed by atoms with Crippen molar-refractivity contribution in [1.82, 2.24) is 9.88 Å². The lowest BCUT2D eigenvalue weighted by Crippen LogP contribution is -2.36. The fraction of sp³-hybridized carbons (Fsp3) is 0.700. The van der Waals surface area contributed by atoms with Gasteiger partial charge in [0.1, 0.15) is 5.56 Å². The summed E-state index contributed by atoms with van der Waals surface area (Å²) in [6.45, 7) is 6.08. The minimum atomic E-state index is -0.203. The lowest BCUT2D eigenvalue weighted by atomic mass is 9.89. The molecule has 24 heavy (non-hydrogen) atoms. The Kier molecular flexibility index (Phi) is 5.42. The number of pyridine rings is 1. The van der Waals surface area contributed by atoms with Gasteiger partial charge in [-0.2, -0.15) is 0 Å². The molecule has 4 heteroatoms. The smallest absolute Gasteiger partial charge is 0.261 e. The van der Waals surface area contributed by atoms with Crippen LogP contribution in [0.2, 0.25) is 0 Å². The van der Waals surface area contributed by atoms with Gasteiger partial charge in [-0.05, 0) is 68.4 Å². The summed E-state index contributed by atoms with van der Waals surface area (Å²) in [5, 5.41) is 0. The second-order valence-corrected chi connectivity index (χ2v) is 7.80. The molecule has 1 aliphatic carbocycles. The minimum Gasteiger partial charge on any atom is -0.338 e. The van der Waals surface area contributed by atoms with Crippen LogP contribution in [0.5, 0.6) is 0 Å². The second-order valence-electron chi connectivity index (χ2n) is 7.80. The Hall–Kier alpha value is -1.58. The number of likely N-dealkylation sites (tertiary alicyclic amines) is 1. The molecular formula is C20H30N2O2. The average Bonchev–Trinajstić information content (AvgIpc) is 2.93. The van der Waals surface area contributed by atoms with Gasteiger partial charge in [0.2, 0.25) is 0 Å². The first-order valence-corrected chi connectivity index (χ1v) is 9.60. The van der Waals surface area contributed by atoms with Crippen molar-refractivity contribution in [2.45, 2.75) is 65.2 Å². The monoisotopic (exact) mass is 330 g/mol. The van der Waals surface area contributed by atoms with Gasteiger partial charge in [-0.3, -0.25) is 9.59 Å². The quantitative estimate of drug-likeness (QED) is 0.843. The number of aromatic nitrogens is 1. The number of amides is 1. The first-order chi connectivity index (χ1) is 11.6. The molecule has 1 saturated heterocycles. The fourth-order valence-electron chi connectivity index (χ4n) is 4.17. The van der Waals surface area contributed by atoms with Gasteiger partial charge in [0, 0.05) is 18.8 Å². The highest BCUT2D eigenvalue weighted by Crippen LogP contribution is 2.25. The van der Waals surface area contributed by atoms with Gasteiger partial charge in [0.25, 0.3) is 11.5 Å². The topological polar surface area (TPSA) is 53.2 Å². The van der Waals surface area contributed by atoms with E-state index in [0.717, 1.165) is 57.3 Å². The van der Waals surface area contributed by atoms with Gasteiger partial charge < -0.3 is 9.88 Å². The largest absolute Gasteiger partial charge is 0.338 e. The first kappa shape index (κ1) is 17.2. The van der Waals surface area contributed by atoms with Crippen LogP contribution in [-0.2, 0) is 12.8 Å². The lowest BCUT2D eigenvalue weighted by molar-refractivity contribution is 0.0757. The van der Waals surface area contributed by atoms with Crippen molar-refractivity contribution in [2.24, 2.45) is 11.8 Å². The summed E-state index contributed by atoms with van der Waals surface area (Å²) in [4.78, 5) is 30.3. The highest BCUT2D eigenvalue weighted by Gasteiger charge is 2.25. The maximum absolute atomic E-state index is 12.9. The molecule has 2 heterocycles. The molecule has 1 aromatic heterocycles. The molecule has 132 valence electrons. The van der Waals surface area contributed by atoms with Gasteiger partial charge in [0.05, 0.1) is 0 Å². The van der Waals surface area contributed by atoms with Crippen molar-refractivity contribution in [1.29, 1.82) is 0 Å². The van der Waals surface area contributed by atoms with Crippen molar-refractivity contribution in [2.75, 3.05) is 13.1 Å². The number of H-pyrrole nitrogens is 1. The predicted molar refractivity (Wildman–Crippen MR) is 96.4 cm³/mol. The fourth-order valence-corrected chi connectivity index (χ4v) is 4.17. The summed E-state index contributed by atoms with van der Waals surface area (Å²) in [5.74, 6) is 1.27. The number of hydrogen-bond donors (Lipinski definition) is 1. The number of aryl methyl sites for hydroxylation is 2. The zero-order valence-electron chi connectivity index (χ0n) is 15.1. The summed E-state index contributed by atoms with van der Waals surface area (Å²) < 4.78 is 0. The Labute approximate surface area is 144 Å². The van der Waals surface area contributed by atoms with Crippen molar-refractivity contribution in [3.8, 4) is 0 Å². The Balaban J connectivity index is 1.80. The Bertz CT molecular complexity index is 648. The molecular weight excluding hydrogens is 300 g/mol. The van der Waals surface area contributed by atoms with Crippen LogP contribution in [0, 0.1) is 11.8 Å². The molecule has 0 unspecified atom stereocenters. The van der Waals surface area contributed by atoms with Crippen LogP contribution >= 0.6 is 0 Å². The van der Waals surface area contributed by atoms with Crippen molar-refractivity contribution in [3.63, 3.8) is 0 Å². The maximum atomic E-state index is 12.9. The highest BCUT2D eigenvalue weighted by atomic mass is 16.2. The molecule has 1 atom stereocenters. The maximum Gasteiger partial charge on any atom is 0.261 e. The molecule has 0 aromatic carbocycles. The summed E-state index contributed by atoms with van der Waals surface area (Å²) >= 11 is 0. The van der Waals surface area contributed by atoms with Crippen LogP contribution in [0.3, 0.4) is 0 Å². The van der Waals surface area contributed by atoms with E-state index >= 15 is 0 Å². The average molecular weight is 330 g/mol. The summed E-state index contributed by atoms with van der Waals surface area (Å²) in [6, 6.07) is 1.88. The van der Waals surface area contributed by atoms with Crippen molar-refractivity contribution < 1.29 is 4.79 Å². The van der Waals surface area contributed by atoms with E-state index in [1.165, 1.54) is 18.4 Å². The third-order valence-corrected chi connectivity index (χ3v) is 5.82. The van der Waals surface area contributed by atoms with E-state index in [1.54, 1.807) is 0 Å². The van der Waals surface area contributed by atoms with E-state index < -0.39 is 0 Å². The molecule has 0 spiro atoms. The molecule has 1 amide bonds. The van der Waals surface area contributed by atoms with E-state index in [4.69, 9.17) is 0 Å². The summed E-state index contributed by atoms with van der Waals surface area (Å²) in [6.07, 6.45) is 8.64. The molecule has 1 fully saturated rings. The van der Waals surface area contributed by atoms with Crippen LogP contribution in [0.25, 0.3) is 0 Å². The van der Waals surface area contributed by atoms with E-state index in [-0.39, 0.29) is 11.5 Å². The Morgan fingerprint density at radius 3 is 2.71 bits per heavy atom. The Morgan fingerprint density at radius 1 is 1.12 bits per heavy atom. The standard InChI is InChI=1S/C20H30N2O2/c1-14(2)15-8-6-11-22(12-10-15)20(24)17-13-16-7-4-3-5-9-18(16)21-19(17)23/h13-15H,3-12H2,1-2H3,(H,21,23)/t15-/m0/s1. The lowest BCUT2D eigenvalue weighted by Gasteiger charge is -2.22. The Morgan fingerprint density at radius 2 is 1.92 bits per heavy atom. The number of nitrogens with one attached hydrogen (secondary N) is 1. The van der Waals surface area contributed by atoms with E-state index in [1.807, 2.05) is 11.0 Å². The number of fused-ring (bicyclic) bond motifs is 1. The normalized spacial score (nSPS) is 22.0. The number of carbonyl (C=O) groups excluding carboxylic acids is 1. The number of nitrogens with zero attached hydrogens (tertiary/aromatic N) is 1. The zero-order valence-corrected chi connectivity index (χ0v) is 15.1. The van der Waals surface area contributed by atoms with Gasteiger partial charge in [-0.1, -0.05) is 20.3 Å². The third-order valence-electron chi connectivity index (χ3n) is 5.82. The van der Waals surface area contributed by atoms with Crippen molar-refractivity contribution in [3.05, 3.63) is 33.2 Å². The SMILES string of the molecule is CC(C)[C@H]1CCCN(C(=O)c2cc3c([nH]c2=O)CCCCC3)CC1. The zero-order chi connectivity index (χ0) is 17.1. The predicted octanol–water partition coefficient (Wildman–Crippen LogP) is 3.54. The number of aromatic amines is 1. The molecule has 3 rings (SSSR count). The second kappa shape index (κ2) is 7.54. The molecule has 0 saturated carbocycles. The van der Waals surface area contributed by atoms with Crippen LogP contribution in [0.1, 0.15) is 74.0 Å². The van der Waals surface area contributed by atoms with E-state index in [9.17, 15) is 9.59 Å². The third kappa shape index (κ3) is 3.73. The van der Waals surface area contributed by atoms with Gasteiger partial charge >= 0.3 is 0 Å². The van der Waals surface area contributed by atoms with Gasteiger partial charge in [-0.15, -0.1) is 0 Å². The number of carbonyl (C=O) groups is 1. The molecule has 1 aromatic rings. The van der Waals surface area contributed by atoms with E-state index in [0.29, 0.717) is 17.4 Å². The number of hydrogen-bond acceptors (Lipinski definition) is 2. The molecule has 2 aliphatic rings. The van der Waals surface area contributed by atoms with Gasteiger partial charge in [0.15, 0.2) is 0 Å². The minimum absolute atomic E-state index is 0.0762. The van der Waals surface area contributed by atoms with Crippen LogP contribution in [0.4, 0.5) is 0 Å². The molecule has 0 radical (unpaired) electrons. The number of rotatable bonds is 2. The summed E-state index contributed by atoms with van der Waals surface area (Å²) in [7, 11) is 0.